The van der Waals surface area contributed by atoms with E-state index in [1.807, 2.05) is 13.8 Å². The fourth-order valence-electron chi connectivity index (χ4n) is 1.01. The molecule has 2 N–H and O–H groups in total. The van der Waals surface area contributed by atoms with Crippen LogP contribution in [0, 0.1) is 5.92 Å². The Kier molecular flexibility index (Phi) is 5.67. The zero-order valence-corrected chi connectivity index (χ0v) is 8.29. The summed E-state index contributed by atoms with van der Waals surface area (Å²) in [5.41, 5.74) is 8.19. The molecule has 0 fully saturated rings. The molecular formula is C8H15N3O3. The van der Waals surface area contributed by atoms with Gasteiger partial charge in [0, 0.05) is 4.91 Å². The van der Waals surface area contributed by atoms with Crippen LogP contribution in [0.2, 0.25) is 0 Å². The van der Waals surface area contributed by atoms with Gasteiger partial charge in [0.2, 0.25) is 0 Å². The molecule has 0 unspecified atom stereocenters. The first-order valence-electron chi connectivity index (χ1n) is 4.44. The fraction of sp³-hybridized carbons (Fsp3) is 0.875. The Morgan fingerprint density at radius 2 is 2.07 bits per heavy atom. The lowest BCUT2D eigenvalue weighted by Gasteiger charge is -2.15. The summed E-state index contributed by atoms with van der Waals surface area (Å²) in [6, 6.07) is -0.875. The zero-order chi connectivity index (χ0) is 11.1. The van der Waals surface area contributed by atoms with Crippen molar-refractivity contribution >= 4 is 5.97 Å². The third-order valence-electron chi connectivity index (χ3n) is 1.86. The Labute approximate surface area is 82.2 Å². The molecule has 6 heteroatoms. The van der Waals surface area contributed by atoms with E-state index in [2.05, 4.69) is 10.0 Å². The van der Waals surface area contributed by atoms with E-state index >= 15 is 0 Å². The van der Waals surface area contributed by atoms with E-state index in [1.165, 1.54) is 0 Å². The first-order valence-corrected chi connectivity index (χ1v) is 4.44. The number of hydrogen-bond acceptors (Lipinski definition) is 3. The highest BCUT2D eigenvalue weighted by atomic mass is 16.4. The van der Waals surface area contributed by atoms with Crippen molar-refractivity contribution in [2.24, 2.45) is 11.0 Å². The summed E-state index contributed by atoms with van der Waals surface area (Å²) in [4.78, 5) is 12.9. The van der Waals surface area contributed by atoms with Gasteiger partial charge in [-0.2, -0.15) is 0 Å². The highest BCUT2D eigenvalue weighted by Crippen LogP contribution is 2.13. The number of carboxylic acid groups (broad SMARTS) is 1. The lowest BCUT2D eigenvalue weighted by atomic mass is 10.0. The summed E-state index contributed by atoms with van der Waals surface area (Å²) in [6.07, 6.45) is -0.506. The molecule has 0 rings (SSSR count). The topological polar surface area (TPSA) is 106 Å². The Hall–Kier alpha value is -1.26. The number of hydrogen-bond donors (Lipinski definition) is 2. The van der Waals surface area contributed by atoms with Crippen LogP contribution in [-0.4, -0.2) is 28.3 Å². The molecule has 0 heterocycles. The van der Waals surface area contributed by atoms with Crippen LogP contribution in [0.5, 0.6) is 0 Å². The quantitative estimate of drug-likeness (QED) is 0.386. The van der Waals surface area contributed by atoms with Crippen molar-refractivity contribution in [3.63, 3.8) is 0 Å². The van der Waals surface area contributed by atoms with Gasteiger partial charge >= 0.3 is 5.97 Å². The van der Waals surface area contributed by atoms with Gasteiger partial charge < -0.3 is 10.2 Å². The van der Waals surface area contributed by atoms with Crippen LogP contribution >= 0.6 is 0 Å². The normalized spacial score (nSPS) is 14.6. The second-order valence-electron chi connectivity index (χ2n) is 3.53. The Balaban J connectivity index is 4.28. The van der Waals surface area contributed by atoms with Crippen LogP contribution in [0.25, 0.3) is 10.4 Å². The molecule has 0 aromatic heterocycles. The molecule has 6 nitrogen and oxygen atoms in total. The monoisotopic (exact) mass is 201 g/mol. The van der Waals surface area contributed by atoms with Gasteiger partial charge in [-0.05, 0) is 17.9 Å². The van der Waals surface area contributed by atoms with Gasteiger partial charge in [0.1, 0.15) is 0 Å². The molecule has 0 aliphatic carbocycles. The summed E-state index contributed by atoms with van der Waals surface area (Å²) >= 11 is 0. The number of aliphatic carboxylic acids is 1. The molecule has 0 aromatic rings. The molecule has 0 aliphatic heterocycles. The highest BCUT2D eigenvalue weighted by molar-refractivity contribution is 5.72. The number of aliphatic hydroxyl groups is 1. The third kappa shape index (κ3) is 4.69. The SMILES string of the molecule is CC(C)CC[C@H](N=[N+]=[N-])[C@@H](O)C(=O)O. The van der Waals surface area contributed by atoms with Crippen LogP contribution in [0.3, 0.4) is 0 Å². The summed E-state index contributed by atoms with van der Waals surface area (Å²) < 4.78 is 0. The molecule has 0 aromatic carbocycles. The Morgan fingerprint density at radius 1 is 1.50 bits per heavy atom. The van der Waals surface area contributed by atoms with Gasteiger partial charge in [-0.25, -0.2) is 4.79 Å². The highest BCUT2D eigenvalue weighted by Gasteiger charge is 2.24. The maximum atomic E-state index is 10.4. The number of aliphatic hydroxyl groups excluding tert-OH is 1. The van der Waals surface area contributed by atoms with Crippen molar-refractivity contribution in [1.82, 2.24) is 0 Å². The molecule has 2 atom stereocenters. The molecule has 14 heavy (non-hydrogen) atoms. The van der Waals surface area contributed by atoms with Gasteiger partial charge in [-0.3, -0.25) is 0 Å². The van der Waals surface area contributed by atoms with Crippen molar-refractivity contribution in [1.29, 1.82) is 0 Å². The van der Waals surface area contributed by atoms with E-state index in [0.29, 0.717) is 18.8 Å². The van der Waals surface area contributed by atoms with Crippen LogP contribution < -0.4 is 0 Å². The third-order valence-corrected chi connectivity index (χ3v) is 1.86. The lowest BCUT2D eigenvalue weighted by Crippen LogP contribution is -2.32. The minimum atomic E-state index is -1.61. The van der Waals surface area contributed by atoms with Crippen molar-refractivity contribution in [3.8, 4) is 0 Å². The van der Waals surface area contributed by atoms with Gasteiger partial charge in [0.15, 0.2) is 6.10 Å². The van der Waals surface area contributed by atoms with E-state index < -0.39 is 18.1 Å². The van der Waals surface area contributed by atoms with Gasteiger partial charge in [0.25, 0.3) is 0 Å². The molecule has 0 radical (unpaired) electrons. The fourth-order valence-corrected chi connectivity index (χ4v) is 1.01. The van der Waals surface area contributed by atoms with Crippen molar-refractivity contribution in [2.45, 2.75) is 38.8 Å². The molecule has 0 amide bonds. The first-order chi connectivity index (χ1) is 6.49. The molecular weight excluding hydrogens is 186 g/mol. The van der Waals surface area contributed by atoms with Crippen LogP contribution in [0.4, 0.5) is 0 Å². The molecule has 80 valence electrons. The first kappa shape index (κ1) is 12.7. The number of carboxylic acids is 1. The number of carbonyl (C=O) groups is 1. The average molecular weight is 201 g/mol. The van der Waals surface area contributed by atoms with Gasteiger partial charge in [-0.1, -0.05) is 25.4 Å². The summed E-state index contributed by atoms with van der Waals surface area (Å²) in [5, 5.41) is 20.9. The molecule has 0 aliphatic rings. The Bertz CT molecular complexity index is 236. The van der Waals surface area contributed by atoms with Crippen LogP contribution in [-0.2, 0) is 4.79 Å². The predicted molar refractivity (Wildman–Crippen MR) is 50.6 cm³/mol. The van der Waals surface area contributed by atoms with E-state index in [9.17, 15) is 4.79 Å². The van der Waals surface area contributed by atoms with Crippen LogP contribution in [0.1, 0.15) is 26.7 Å². The van der Waals surface area contributed by atoms with E-state index in [4.69, 9.17) is 15.7 Å². The van der Waals surface area contributed by atoms with E-state index in [1.54, 1.807) is 0 Å². The molecule has 0 bridgehead atoms. The maximum Gasteiger partial charge on any atom is 0.332 e. The zero-order valence-electron chi connectivity index (χ0n) is 8.29. The largest absolute Gasteiger partial charge is 0.479 e. The molecule has 0 saturated carbocycles. The summed E-state index contributed by atoms with van der Waals surface area (Å²) in [5.74, 6) is -0.974. The predicted octanol–water partition coefficient (Wildman–Crippen LogP) is 1.55. The smallest absolute Gasteiger partial charge is 0.332 e. The van der Waals surface area contributed by atoms with Crippen molar-refractivity contribution in [3.05, 3.63) is 10.4 Å². The summed E-state index contributed by atoms with van der Waals surface area (Å²) in [6.45, 7) is 3.95. The van der Waals surface area contributed by atoms with Gasteiger partial charge in [-0.15, -0.1) is 0 Å². The van der Waals surface area contributed by atoms with Crippen molar-refractivity contribution < 1.29 is 15.0 Å². The second-order valence-corrected chi connectivity index (χ2v) is 3.53. The molecule has 0 saturated heterocycles. The standard InChI is InChI=1S/C8H15N3O3/c1-5(2)3-4-6(10-11-9)7(12)8(13)14/h5-7,12H,3-4H2,1-2H3,(H,13,14)/t6-,7+/m0/s1. The van der Waals surface area contributed by atoms with E-state index in [-0.39, 0.29) is 0 Å². The van der Waals surface area contributed by atoms with Crippen LogP contribution in [0.15, 0.2) is 5.11 Å². The number of azide groups is 1. The second kappa shape index (κ2) is 6.23. The maximum absolute atomic E-state index is 10.4. The Morgan fingerprint density at radius 3 is 2.43 bits per heavy atom. The number of nitrogens with zero attached hydrogens (tertiary/aromatic N) is 3. The van der Waals surface area contributed by atoms with E-state index in [0.717, 1.165) is 0 Å². The minimum absolute atomic E-state index is 0.382. The average Bonchev–Trinajstić information content (AvgIpc) is 2.10. The number of rotatable bonds is 6. The van der Waals surface area contributed by atoms with Crippen molar-refractivity contribution in [2.75, 3.05) is 0 Å². The lowest BCUT2D eigenvalue weighted by molar-refractivity contribution is -0.147. The minimum Gasteiger partial charge on any atom is -0.479 e. The van der Waals surface area contributed by atoms with Gasteiger partial charge in [0.05, 0.1) is 6.04 Å². The molecule has 0 spiro atoms. The summed E-state index contributed by atoms with van der Waals surface area (Å²) in [7, 11) is 0.